The van der Waals surface area contributed by atoms with E-state index in [1.54, 1.807) is 7.11 Å². The van der Waals surface area contributed by atoms with Gasteiger partial charge in [0.1, 0.15) is 17.6 Å². The highest BCUT2D eigenvalue weighted by Gasteiger charge is 2.31. The minimum atomic E-state index is 0.0746. The quantitative estimate of drug-likeness (QED) is 0.829. The Labute approximate surface area is 114 Å². The molecule has 0 aromatic heterocycles. The third-order valence-corrected chi connectivity index (χ3v) is 4.22. The molecule has 3 atom stereocenters. The van der Waals surface area contributed by atoms with Crippen molar-refractivity contribution >= 4 is 0 Å². The molecule has 3 nitrogen and oxygen atoms in total. The lowest BCUT2D eigenvalue weighted by Gasteiger charge is -2.35. The largest absolute Gasteiger partial charge is 0.497 e. The molecule has 1 aromatic rings. The molecule has 19 heavy (non-hydrogen) atoms. The molecule has 3 heteroatoms. The fourth-order valence-electron chi connectivity index (χ4n) is 3.08. The second-order valence-electron chi connectivity index (χ2n) is 5.45. The predicted molar refractivity (Wildman–Crippen MR) is 75.4 cm³/mol. The van der Waals surface area contributed by atoms with Gasteiger partial charge < -0.3 is 15.2 Å². The van der Waals surface area contributed by atoms with E-state index in [2.05, 4.69) is 12.2 Å². The normalized spacial score (nSPS) is 29.5. The van der Waals surface area contributed by atoms with Crippen LogP contribution in [0, 0.1) is 5.92 Å². The lowest BCUT2D eigenvalue weighted by molar-refractivity contribution is 0.0934. The molecule has 1 heterocycles. The first kappa shape index (κ1) is 12.5. The van der Waals surface area contributed by atoms with E-state index in [0.29, 0.717) is 5.92 Å². The fraction of sp³-hybridized carbons (Fsp3) is 0.500. The van der Waals surface area contributed by atoms with Crippen LogP contribution < -0.4 is 15.2 Å². The standard InChI is InChI=1S/C16H21NO2/c1-18-12-7-8-13-14(17)10-15(19-16(13)9-12)11-5-3-2-4-6-11/h2-3,7-9,11,14-15H,4-6,10,17H2,1H3/t11?,14-,15?/m1/s1. The Hall–Kier alpha value is -1.48. The van der Waals surface area contributed by atoms with Gasteiger partial charge in [-0.2, -0.15) is 0 Å². The highest BCUT2D eigenvalue weighted by molar-refractivity contribution is 5.43. The maximum absolute atomic E-state index is 6.30. The summed E-state index contributed by atoms with van der Waals surface area (Å²) >= 11 is 0. The molecule has 0 fully saturated rings. The Bertz CT molecular complexity index is 484. The van der Waals surface area contributed by atoms with Crippen molar-refractivity contribution in [1.82, 2.24) is 0 Å². The van der Waals surface area contributed by atoms with Crippen LogP contribution in [0.15, 0.2) is 30.4 Å². The average molecular weight is 259 g/mol. The van der Waals surface area contributed by atoms with Gasteiger partial charge in [0.15, 0.2) is 0 Å². The van der Waals surface area contributed by atoms with Gasteiger partial charge in [-0.05, 0) is 31.2 Å². The predicted octanol–water partition coefficient (Wildman–Crippen LogP) is 3.20. The molecule has 2 unspecified atom stereocenters. The number of hydrogen-bond donors (Lipinski definition) is 1. The van der Waals surface area contributed by atoms with Gasteiger partial charge in [0.2, 0.25) is 0 Å². The van der Waals surface area contributed by atoms with Gasteiger partial charge in [0, 0.05) is 24.1 Å². The molecular weight excluding hydrogens is 238 g/mol. The molecule has 0 radical (unpaired) electrons. The maximum atomic E-state index is 6.30. The third-order valence-electron chi connectivity index (χ3n) is 4.22. The van der Waals surface area contributed by atoms with E-state index in [-0.39, 0.29) is 12.1 Å². The van der Waals surface area contributed by atoms with Crippen LogP contribution in [0.1, 0.15) is 37.3 Å². The summed E-state index contributed by atoms with van der Waals surface area (Å²) in [5.41, 5.74) is 7.40. The highest BCUT2D eigenvalue weighted by atomic mass is 16.5. The van der Waals surface area contributed by atoms with E-state index in [1.165, 1.54) is 6.42 Å². The van der Waals surface area contributed by atoms with Crippen LogP contribution in [-0.2, 0) is 0 Å². The zero-order valence-electron chi connectivity index (χ0n) is 11.3. The van der Waals surface area contributed by atoms with Crippen LogP contribution in [0.5, 0.6) is 11.5 Å². The summed E-state index contributed by atoms with van der Waals surface area (Å²) in [7, 11) is 1.67. The van der Waals surface area contributed by atoms with E-state index in [4.69, 9.17) is 15.2 Å². The van der Waals surface area contributed by atoms with Crippen LogP contribution in [0.3, 0.4) is 0 Å². The Morgan fingerprint density at radius 2 is 2.21 bits per heavy atom. The first-order valence-corrected chi connectivity index (χ1v) is 7.03. The zero-order valence-corrected chi connectivity index (χ0v) is 11.3. The number of ether oxygens (including phenoxy) is 2. The van der Waals surface area contributed by atoms with Crippen molar-refractivity contribution < 1.29 is 9.47 Å². The Morgan fingerprint density at radius 3 is 2.95 bits per heavy atom. The molecule has 0 saturated heterocycles. The molecule has 0 amide bonds. The molecule has 0 bridgehead atoms. The van der Waals surface area contributed by atoms with Crippen molar-refractivity contribution in [2.45, 2.75) is 37.8 Å². The number of benzene rings is 1. The third kappa shape index (κ3) is 2.47. The average Bonchev–Trinajstić information content (AvgIpc) is 2.47. The lowest BCUT2D eigenvalue weighted by atomic mass is 9.84. The summed E-state index contributed by atoms with van der Waals surface area (Å²) in [6.07, 6.45) is 9.15. The molecule has 102 valence electrons. The Balaban J connectivity index is 1.83. The summed E-state index contributed by atoms with van der Waals surface area (Å²) in [5.74, 6) is 2.32. The maximum Gasteiger partial charge on any atom is 0.128 e. The summed E-state index contributed by atoms with van der Waals surface area (Å²) < 4.78 is 11.5. The van der Waals surface area contributed by atoms with Gasteiger partial charge in [-0.1, -0.05) is 18.2 Å². The summed E-state index contributed by atoms with van der Waals surface area (Å²) in [6.45, 7) is 0. The molecule has 1 aromatic carbocycles. The van der Waals surface area contributed by atoms with E-state index in [9.17, 15) is 0 Å². The Kier molecular flexibility index (Phi) is 3.47. The number of rotatable bonds is 2. The second kappa shape index (κ2) is 5.25. The Morgan fingerprint density at radius 1 is 1.32 bits per heavy atom. The van der Waals surface area contributed by atoms with Crippen LogP contribution in [0.25, 0.3) is 0 Å². The number of methoxy groups -OCH3 is 1. The molecule has 0 spiro atoms. The first-order chi connectivity index (χ1) is 9.28. The summed E-state index contributed by atoms with van der Waals surface area (Å²) in [6, 6.07) is 6.01. The van der Waals surface area contributed by atoms with Gasteiger partial charge in [0.05, 0.1) is 7.11 Å². The minimum absolute atomic E-state index is 0.0746. The first-order valence-electron chi connectivity index (χ1n) is 7.03. The number of nitrogens with two attached hydrogens (primary N) is 1. The lowest BCUT2D eigenvalue weighted by Crippen LogP contribution is -2.35. The summed E-state index contributed by atoms with van der Waals surface area (Å²) in [4.78, 5) is 0. The SMILES string of the molecule is COc1ccc2c(c1)OC(C1CC=CCC1)C[C@H]2N. The van der Waals surface area contributed by atoms with Gasteiger partial charge in [-0.3, -0.25) is 0 Å². The molecular formula is C16H21NO2. The zero-order chi connectivity index (χ0) is 13.2. The van der Waals surface area contributed by atoms with E-state index < -0.39 is 0 Å². The molecule has 1 aliphatic carbocycles. The molecule has 3 rings (SSSR count). The molecule has 2 aliphatic rings. The van der Waals surface area contributed by atoms with Crippen molar-refractivity contribution in [2.75, 3.05) is 7.11 Å². The van der Waals surface area contributed by atoms with Crippen LogP contribution >= 0.6 is 0 Å². The second-order valence-corrected chi connectivity index (χ2v) is 5.45. The molecule has 2 N–H and O–H groups in total. The fourth-order valence-corrected chi connectivity index (χ4v) is 3.08. The van der Waals surface area contributed by atoms with E-state index >= 15 is 0 Å². The monoisotopic (exact) mass is 259 g/mol. The van der Waals surface area contributed by atoms with Crippen molar-refractivity contribution in [2.24, 2.45) is 11.7 Å². The van der Waals surface area contributed by atoms with Gasteiger partial charge >= 0.3 is 0 Å². The highest BCUT2D eigenvalue weighted by Crippen LogP contribution is 2.39. The summed E-state index contributed by atoms with van der Waals surface area (Å²) in [5, 5.41) is 0. The van der Waals surface area contributed by atoms with Gasteiger partial charge in [-0.25, -0.2) is 0 Å². The number of fused-ring (bicyclic) bond motifs is 1. The van der Waals surface area contributed by atoms with Gasteiger partial charge in [-0.15, -0.1) is 0 Å². The molecule has 1 aliphatic heterocycles. The van der Waals surface area contributed by atoms with Crippen molar-refractivity contribution in [3.8, 4) is 11.5 Å². The van der Waals surface area contributed by atoms with Crippen molar-refractivity contribution in [3.63, 3.8) is 0 Å². The van der Waals surface area contributed by atoms with Crippen molar-refractivity contribution in [3.05, 3.63) is 35.9 Å². The topological polar surface area (TPSA) is 44.5 Å². The molecule has 0 saturated carbocycles. The van der Waals surface area contributed by atoms with Gasteiger partial charge in [0.25, 0.3) is 0 Å². The van der Waals surface area contributed by atoms with Crippen LogP contribution in [0.2, 0.25) is 0 Å². The van der Waals surface area contributed by atoms with E-state index in [0.717, 1.165) is 36.3 Å². The number of hydrogen-bond acceptors (Lipinski definition) is 3. The minimum Gasteiger partial charge on any atom is -0.497 e. The van der Waals surface area contributed by atoms with Crippen LogP contribution in [-0.4, -0.2) is 13.2 Å². The number of allylic oxidation sites excluding steroid dienone is 2. The smallest absolute Gasteiger partial charge is 0.128 e. The van der Waals surface area contributed by atoms with Crippen molar-refractivity contribution in [1.29, 1.82) is 0 Å². The van der Waals surface area contributed by atoms with E-state index in [1.807, 2.05) is 18.2 Å². The van der Waals surface area contributed by atoms with Crippen LogP contribution in [0.4, 0.5) is 0 Å².